The smallest absolute Gasteiger partial charge is 0.229 e. The van der Waals surface area contributed by atoms with Gasteiger partial charge in [-0.3, -0.25) is 0 Å². The zero-order valence-corrected chi connectivity index (χ0v) is 15.0. The molecule has 128 valence electrons. The van der Waals surface area contributed by atoms with Crippen LogP contribution in [0.2, 0.25) is 10.0 Å². The highest BCUT2D eigenvalue weighted by Gasteiger charge is 2.07. The van der Waals surface area contributed by atoms with Crippen molar-refractivity contribution in [1.82, 2.24) is 9.97 Å². The minimum Gasteiger partial charge on any atom is -0.492 e. The van der Waals surface area contributed by atoms with Crippen molar-refractivity contribution in [1.29, 1.82) is 0 Å². The third-order valence-electron chi connectivity index (χ3n) is 3.28. The molecule has 5 nitrogen and oxygen atoms in total. The van der Waals surface area contributed by atoms with Crippen LogP contribution in [-0.4, -0.2) is 16.6 Å². The number of benzene rings is 2. The second-order valence-corrected chi connectivity index (χ2v) is 5.91. The molecule has 1 heterocycles. The molecule has 3 rings (SSSR count). The molecule has 0 amide bonds. The van der Waals surface area contributed by atoms with E-state index in [4.69, 9.17) is 27.9 Å². The predicted octanol–water partition coefficient (Wildman–Crippen LogP) is 5.67. The fourth-order valence-electron chi connectivity index (χ4n) is 2.19. The van der Waals surface area contributed by atoms with Crippen LogP contribution in [0.3, 0.4) is 0 Å². The Morgan fingerprint density at radius 2 is 1.84 bits per heavy atom. The molecule has 2 aromatic carbocycles. The van der Waals surface area contributed by atoms with Gasteiger partial charge in [0.15, 0.2) is 0 Å². The van der Waals surface area contributed by atoms with Gasteiger partial charge in [0, 0.05) is 11.2 Å². The van der Waals surface area contributed by atoms with Gasteiger partial charge in [-0.15, -0.1) is 0 Å². The van der Waals surface area contributed by atoms with Crippen LogP contribution < -0.4 is 15.4 Å². The lowest BCUT2D eigenvalue weighted by Crippen LogP contribution is -2.02. The molecule has 3 aromatic rings. The summed E-state index contributed by atoms with van der Waals surface area (Å²) in [6.07, 6.45) is 1.65. The Labute approximate surface area is 156 Å². The molecule has 0 aliphatic heterocycles. The first-order chi connectivity index (χ1) is 12.2. The normalized spacial score (nSPS) is 10.4. The summed E-state index contributed by atoms with van der Waals surface area (Å²) in [6.45, 7) is 2.53. The van der Waals surface area contributed by atoms with Crippen LogP contribution in [0.5, 0.6) is 5.75 Å². The van der Waals surface area contributed by atoms with E-state index in [0.29, 0.717) is 34.1 Å². The Morgan fingerprint density at radius 3 is 2.68 bits per heavy atom. The Balaban J connectivity index is 1.81. The van der Waals surface area contributed by atoms with Gasteiger partial charge in [0.2, 0.25) is 5.95 Å². The molecule has 0 unspecified atom stereocenters. The van der Waals surface area contributed by atoms with Crippen molar-refractivity contribution in [3.8, 4) is 5.75 Å². The summed E-state index contributed by atoms with van der Waals surface area (Å²) in [7, 11) is 0. The van der Waals surface area contributed by atoms with E-state index >= 15 is 0 Å². The van der Waals surface area contributed by atoms with Gasteiger partial charge >= 0.3 is 0 Å². The number of halogens is 2. The fourth-order valence-corrected chi connectivity index (χ4v) is 2.53. The molecule has 0 bridgehead atoms. The van der Waals surface area contributed by atoms with Crippen LogP contribution >= 0.6 is 23.2 Å². The lowest BCUT2D eigenvalue weighted by molar-refractivity contribution is 0.342. The predicted molar refractivity (Wildman–Crippen MR) is 103 cm³/mol. The van der Waals surface area contributed by atoms with Gasteiger partial charge < -0.3 is 15.4 Å². The van der Waals surface area contributed by atoms with E-state index in [1.165, 1.54) is 0 Å². The maximum Gasteiger partial charge on any atom is 0.229 e. The molecule has 0 saturated carbocycles. The first-order valence-electron chi connectivity index (χ1n) is 7.69. The molecule has 0 aliphatic rings. The van der Waals surface area contributed by atoms with Crippen LogP contribution in [-0.2, 0) is 0 Å². The average molecular weight is 375 g/mol. The van der Waals surface area contributed by atoms with Crippen LogP contribution in [0, 0.1) is 0 Å². The SMILES string of the molecule is CCOc1ccccc1Nc1ccnc(Nc2cc(Cl)ccc2Cl)n1. The van der Waals surface area contributed by atoms with Crippen molar-refractivity contribution in [2.24, 2.45) is 0 Å². The Morgan fingerprint density at radius 1 is 1.00 bits per heavy atom. The van der Waals surface area contributed by atoms with Gasteiger partial charge in [-0.2, -0.15) is 4.98 Å². The first-order valence-corrected chi connectivity index (χ1v) is 8.45. The highest BCUT2D eigenvalue weighted by Crippen LogP contribution is 2.29. The summed E-state index contributed by atoms with van der Waals surface area (Å²) in [5.41, 5.74) is 1.47. The van der Waals surface area contributed by atoms with Gasteiger partial charge in [0.25, 0.3) is 0 Å². The minimum absolute atomic E-state index is 0.406. The molecule has 0 saturated heterocycles. The molecular weight excluding hydrogens is 359 g/mol. The fraction of sp³-hybridized carbons (Fsp3) is 0.111. The highest BCUT2D eigenvalue weighted by molar-refractivity contribution is 6.35. The average Bonchev–Trinajstić information content (AvgIpc) is 2.60. The molecule has 0 aliphatic carbocycles. The molecule has 0 spiro atoms. The summed E-state index contributed by atoms with van der Waals surface area (Å²) in [6, 6.07) is 14.6. The number of aromatic nitrogens is 2. The molecule has 1 aromatic heterocycles. The van der Waals surface area contributed by atoms with E-state index in [1.807, 2.05) is 31.2 Å². The number of anilines is 4. The third kappa shape index (κ3) is 4.53. The van der Waals surface area contributed by atoms with Crippen molar-refractivity contribution in [2.75, 3.05) is 17.2 Å². The number of nitrogens with zero attached hydrogens (tertiary/aromatic N) is 2. The van der Waals surface area contributed by atoms with Gasteiger partial charge in [-0.1, -0.05) is 35.3 Å². The third-order valence-corrected chi connectivity index (χ3v) is 3.84. The van der Waals surface area contributed by atoms with E-state index in [9.17, 15) is 0 Å². The van der Waals surface area contributed by atoms with Gasteiger partial charge in [-0.05, 0) is 43.3 Å². The van der Waals surface area contributed by atoms with Gasteiger partial charge in [0.1, 0.15) is 11.6 Å². The Kier molecular flexibility index (Phi) is 5.58. The zero-order chi connectivity index (χ0) is 17.6. The number of nitrogens with one attached hydrogen (secondary N) is 2. The molecular formula is C18H16Cl2N4O. The summed E-state index contributed by atoms with van der Waals surface area (Å²) < 4.78 is 5.61. The standard InChI is InChI=1S/C18H16Cl2N4O/c1-2-25-16-6-4-3-5-14(16)22-17-9-10-21-18(24-17)23-15-11-12(19)7-8-13(15)20/h3-11H,2H2,1H3,(H2,21,22,23,24). The minimum atomic E-state index is 0.406. The van der Waals surface area contributed by atoms with Crippen molar-refractivity contribution in [3.63, 3.8) is 0 Å². The van der Waals surface area contributed by atoms with E-state index in [2.05, 4.69) is 20.6 Å². The maximum absolute atomic E-state index is 6.16. The van der Waals surface area contributed by atoms with Crippen LogP contribution in [0.1, 0.15) is 6.92 Å². The number of para-hydroxylation sites is 2. The molecule has 0 fully saturated rings. The van der Waals surface area contributed by atoms with Crippen molar-refractivity contribution in [2.45, 2.75) is 6.92 Å². The second-order valence-electron chi connectivity index (χ2n) is 5.07. The first kappa shape index (κ1) is 17.3. The summed E-state index contributed by atoms with van der Waals surface area (Å²) >= 11 is 12.2. The Hall–Kier alpha value is -2.50. The van der Waals surface area contributed by atoms with Crippen LogP contribution in [0.25, 0.3) is 0 Å². The topological polar surface area (TPSA) is 59.1 Å². The number of ether oxygens (including phenoxy) is 1. The molecule has 0 atom stereocenters. The zero-order valence-electron chi connectivity index (χ0n) is 13.5. The maximum atomic E-state index is 6.16. The van der Waals surface area contributed by atoms with E-state index in [1.54, 1.807) is 30.5 Å². The quantitative estimate of drug-likeness (QED) is 0.581. The van der Waals surface area contributed by atoms with Crippen molar-refractivity contribution >= 4 is 46.3 Å². The number of hydrogen-bond acceptors (Lipinski definition) is 5. The summed E-state index contributed by atoms with van der Waals surface area (Å²) in [4.78, 5) is 8.66. The van der Waals surface area contributed by atoms with E-state index in [0.717, 1.165) is 11.4 Å². The lowest BCUT2D eigenvalue weighted by atomic mass is 10.3. The van der Waals surface area contributed by atoms with Crippen LogP contribution in [0.4, 0.5) is 23.1 Å². The number of rotatable bonds is 6. The van der Waals surface area contributed by atoms with Crippen molar-refractivity contribution in [3.05, 3.63) is 64.8 Å². The largest absolute Gasteiger partial charge is 0.492 e. The molecule has 25 heavy (non-hydrogen) atoms. The summed E-state index contributed by atoms with van der Waals surface area (Å²) in [5, 5.41) is 7.41. The summed E-state index contributed by atoms with van der Waals surface area (Å²) in [5.74, 6) is 1.79. The van der Waals surface area contributed by atoms with Gasteiger partial charge in [-0.25, -0.2) is 4.98 Å². The molecule has 0 radical (unpaired) electrons. The molecule has 2 N–H and O–H groups in total. The van der Waals surface area contributed by atoms with Gasteiger partial charge in [0.05, 0.1) is 23.0 Å². The van der Waals surface area contributed by atoms with Crippen molar-refractivity contribution < 1.29 is 4.74 Å². The van der Waals surface area contributed by atoms with Crippen LogP contribution in [0.15, 0.2) is 54.7 Å². The monoisotopic (exact) mass is 374 g/mol. The van der Waals surface area contributed by atoms with E-state index in [-0.39, 0.29) is 0 Å². The number of hydrogen-bond donors (Lipinski definition) is 2. The second kappa shape index (κ2) is 8.05. The Bertz CT molecular complexity index is 873. The highest BCUT2D eigenvalue weighted by atomic mass is 35.5. The lowest BCUT2D eigenvalue weighted by Gasteiger charge is -2.12. The molecule has 7 heteroatoms. The van der Waals surface area contributed by atoms with E-state index < -0.39 is 0 Å².